The zero-order chi connectivity index (χ0) is 22.0. The molecule has 0 amide bonds. The first-order chi connectivity index (χ1) is 15.0. The number of rotatable bonds is 7. The van der Waals surface area contributed by atoms with Crippen LogP contribution in [0, 0.1) is 5.92 Å². The number of aliphatic hydroxyl groups excluding tert-OH is 1. The molecule has 3 unspecified atom stereocenters. The number of halogens is 1. The molecule has 166 valence electrons. The van der Waals surface area contributed by atoms with Crippen molar-refractivity contribution in [3.05, 3.63) is 46.5 Å². The number of aliphatic hydroxyl groups is 1. The van der Waals surface area contributed by atoms with Crippen molar-refractivity contribution in [1.82, 2.24) is 25.6 Å². The van der Waals surface area contributed by atoms with Gasteiger partial charge in [0, 0.05) is 67.5 Å². The predicted molar refractivity (Wildman–Crippen MR) is 123 cm³/mol. The zero-order valence-electron chi connectivity index (χ0n) is 17.7. The Balaban J connectivity index is 1.43. The number of aromatic nitrogens is 3. The minimum absolute atomic E-state index is 0.286. The van der Waals surface area contributed by atoms with E-state index in [0.29, 0.717) is 28.2 Å². The van der Waals surface area contributed by atoms with Gasteiger partial charge >= 0.3 is 0 Å². The third-order valence-electron chi connectivity index (χ3n) is 5.68. The van der Waals surface area contributed by atoms with Crippen molar-refractivity contribution in [2.24, 2.45) is 5.92 Å². The van der Waals surface area contributed by atoms with E-state index in [1.807, 2.05) is 13.1 Å². The average Bonchev–Trinajstić information content (AvgIpc) is 3.35. The fraction of sp³-hybridized carbons (Fsp3) is 0.476. The molecule has 0 aliphatic carbocycles. The van der Waals surface area contributed by atoms with E-state index in [1.54, 1.807) is 18.6 Å². The lowest BCUT2D eigenvalue weighted by atomic mass is 10.0. The lowest BCUT2D eigenvalue weighted by molar-refractivity contribution is -0.0740. The van der Waals surface area contributed by atoms with E-state index in [1.165, 1.54) is 18.4 Å². The fourth-order valence-electron chi connectivity index (χ4n) is 3.80. The molecular weight excluding hydrogens is 436 g/mol. The van der Waals surface area contributed by atoms with E-state index in [2.05, 4.69) is 38.5 Å². The third-order valence-corrected chi connectivity index (χ3v) is 7.43. The smallest absolute Gasteiger partial charge is 0.192 e. The number of ether oxygens (including phenoxy) is 1. The highest BCUT2D eigenvalue weighted by molar-refractivity contribution is 7.16. The van der Waals surface area contributed by atoms with Crippen LogP contribution in [0.3, 0.4) is 0 Å². The van der Waals surface area contributed by atoms with Crippen LogP contribution in [0.5, 0.6) is 0 Å². The molecule has 0 aromatic carbocycles. The SMILES string of the molecule is CO[C@H](O)c1sc(N2C=CC(NCC3NC(C)=C(Cl)C3C)CC2)nc1-c1cnccn1. The second kappa shape index (κ2) is 9.62. The maximum atomic E-state index is 10.3. The molecule has 2 aliphatic rings. The van der Waals surface area contributed by atoms with Crippen molar-refractivity contribution in [3.63, 3.8) is 0 Å². The Kier molecular flexibility index (Phi) is 6.88. The zero-order valence-corrected chi connectivity index (χ0v) is 19.3. The highest BCUT2D eigenvalue weighted by Gasteiger charge is 2.29. The number of hydrogen-bond acceptors (Lipinski definition) is 9. The number of nitrogens with zero attached hydrogens (tertiary/aromatic N) is 4. The number of nitrogens with one attached hydrogen (secondary N) is 2. The summed E-state index contributed by atoms with van der Waals surface area (Å²) in [4.78, 5) is 15.9. The van der Waals surface area contributed by atoms with Crippen molar-refractivity contribution < 1.29 is 9.84 Å². The average molecular weight is 463 g/mol. The van der Waals surface area contributed by atoms with Crippen molar-refractivity contribution in [2.75, 3.05) is 25.1 Å². The van der Waals surface area contributed by atoms with E-state index in [9.17, 15) is 5.11 Å². The molecule has 2 aromatic heterocycles. The molecule has 4 atom stereocenters. The van der Waals surface area contributed by atoms with Crippen molar-refractivity contribution >= 4 is 28.1 Å². The molecule has 0 saturated carbocycles. The van der Waals surface area contributed by atoms with Crippen LogP contribution in [0.15, 0.2) is 41.6 Å². The first-order valence-corrected chi connectivity index (χ1v) is 11.5. The van der Waals surface area contributed by atoms with E-state index in [0.717, 1.165) is 35.4 Å². The molecule has 2 aromatic rings. The minimum atomic E-state index is -1.06. The third kappa shape index (κ3) is 4.75. The van der Waals surface area contributed by atoms with Crippen LogP contribution in [0.1, 0.15) is 31.4 Å². The van der Waals surface area contributed by atoms with Gasteiger partial charge in [0.25, 0.3) is 0 Å². The van der Waals surface area contributed by atoms with Gasteiger partial charge in [-0.15, -0.1) is 0 Å². The number of allylic oxidation sites excluding steroid dienone is 1. The molecule has 0 fully saturated rings. The molecule has 0 saturated heterocycles. The second-order valence-electron chi connectivity index (χ2n) is 7.74. The summed E-state index contributed by atoms with van der Waals surface area (Å²) in [6.45, 7) is 5.84. The summed E-state index contributed by atoms with van der Waals surface area (Å²) in [5.41, 5.74) is 2.28. The summed E-state index contributed by atoms with van der Waals surface area (Å²) in [7, 11) is 1.46. The van der Waals surface area contributed by atoms with Gasteiger partial charge in [-0.25, -0.2) is 4.98 Å². The Labute approximate surface area is 191 Å². The topological polar surface area (TPSA) is 95.4 Å². The standard InChI is InChI=1S/C21H27ClN6O2S/c1-12-15(26-13(2)17(12)22)11-25-14-4-8-28(9-5-14)21-27-18(16-10-23-6-7-24-16)19(31-21)20(29)30-3/h4,6-8,10,12,14-15,20,25-26,29H,5,9,11H2,1-3H3/t12?,14?,15?,20-/m0/s1. The molecule has 31 heavy (non-hydrogen) atoms. The second-order valence-corrected chi connectivity index (χ2v) is 9.16. The maximum absolute atomic E-state index is 10.3. The highest BCUT2D eigenvalue weighted by Crippen LogP contribution is 2.37. The quantitative estimate of drug-likeness (QED) is 0.540. The van der Waals surface area contributed by atoms with E-state index >= 15 is 0 Å². The number of methoxy groups -OCH3 is 1. The lowest BCUT2D eigenvalue weighted by Crippen LogP contribution is -2.44. The molecule has 2 aliphatic heterocycles. The van der Waals surface area contributed by atoms with Crippen LogP contribution in [0.4, 0.5) is 5.13 Å². The summed E-state index contributed by atoms with van der Waals surface area (Å²) >= 11 is 7.74. The monoisotopic (exact) mass is 462 g/mol. The van der Waals surface area contributed by atoms with Gasteiger partial charge in [0.1, 0.15) is 11.4 Å². The van der Waals surface area contributed by atoms with Crippen LogP contribution >= 0.6 is 22.9 Å². The van der Waals surface area contributed by atoms with Crippen LogP contribution in [-0.4, -0.2) is 52.3 Å². The molecule has 0 radical (unpaired) electrons. The van der Waals surface area contributed by atoms with E-state index in [-0.39, 0.29) is 6.04 Å². The molecule has 4 rings (SSSR count). The van der Waals surface area contributed by atoms with Crippen LogP contribution in [0.2, 0.25) is 0 Å². The summed E-state index contributed by atoms with van der Waals surface area (Å²) in [6.07, 6.45) is 8.94. The van der Waals surface area contributed by atoms with Gasteiger partial charge in [0.15, 0.2) is 11.4 Å². The molecule has 8 nitrogen and oxygen atoms in total. The lowest BCUT2D eigenvalue weighted by Gasteiger charge is -2.28. The fourth-order valence-corrected chi connectivity index (χ4v) is 5.06. The largest absolute Gasteiger partial charge is 0.383 e. The van der Waals surface area contributed by atoms with Crippen molar-refractivity contribution in [1.29, 1.82) is 0 Å². The summed E-state index contributed by atoms with van der Waals surface area (Å²) in [5.74, 6) is 0.318. The first-order valence-electron chi connectivity index (χ1n) is 10.3. The Morgan fingerprint density at radius 3 is 2.90 bits per heavy atom. The molecule has 0 spiro atoms. The Hall–Kier alpha value is -2.04. The first kappa shape index (κ1) is 22.2. The molecule has 0 bridgehead atoms. The van der Waals surface area contributed by atoms with Gasteiger partial charge in [-0.2, -0.15) is 0 Å². The maximum Gasteiger partial charge on any atom is 0.192 e. The summed E-state index contributed by atoms with van der Waals surface area (Å²) in [5, 5.41) is 19.1. The number of hydrogen-bond donors (Lipinski definition) is 3. The van der Waals surface area contributed by atoms with Gasteiger partial charge in [-0.3, -0.25) is 9.97 Å². The van der Waals surface area contributed by atoms with Gasteiger partial charge in [-0.05, 0) is 13.3 Å². The molecule has 4 heterocycles. The van der Waals surface area contributed by atoms with Gasteiger partial charge in [0.05, 0.1) is 11.1 Å². The summed E-state index contributed by atoms with van der Waals surface area (Å²) in [6, 6.07) is 0.596. The van der Waals surface area contributed by atoms with E-state index < -0.39 is 6.29 Å². The Morgan fingerprint density at radius 2 is 2.29 bits per heavy atom. The van der Waals surface area contributed by atoms with Gasteiger partial charge in [-0.1, -0.05) is 35.9 Å². The van der Waals surface area contributed by atoms with Crippen molar-refractivity contribution in [2.45, 2.75) is 38.6 Å². The molecule has 10 heteroatoms. The Bertz CT molecular complexity index is 966. The van der Waals surface area contributed by atoms with Crippen LogP contribution in [0.25, 0.3) is 11.4 Å². The minimum Gasteiger partial charge on any atom is -0.383 e. The molecule has 3 N–H and O–H groups in total. The molecular formula is C21H27ClN6O2S. The number of thiazole rings is 1. The van der Waals surface area contributed by atoms with Crippen molar-refractivity contribution in [3.8, 4) is 11.4 Å². The Morgan fingerprint density at radius 1 is 1.45 bits per heavy atom. The predicted octanol–water partition coefficient (Wildman–Crippen LogP) is 3.00. The van der Waals surface area contributed by atoms with Gasteiger partial charge in [0.2, 0.25) is 0 Å². The normalized spacial score (nSPS) is 24.5. The van der Waals surface area contributed by atoms with Crippen LogP contribution in [-0.2, 0) is 4.74 Å². The number of anilines is 1. The van der Waals surface area contributed by atoms with Gasteiger partial charge < -0.3 is 25.4 Å². The highest BCUT2D eigenvalue weighted by atomic mass is 35.5. The van der Waals surface area contributed by atoms with Crippen LogP contribution < -0.4 is 15.5 Å². The summed E-state index contributed by atoms with van der Waals surface area (Å²) < 4.78 is 5.13. The van der Waals surface area contributed by atoms with E-state index in [4.69, 9.17) is 21.3 Å².